The predicted molar refractivity (Wildman–Crippen MR) is 68.6 cm³/mol. The highest BCUT2D eigenvalue weighted by Crippen LogP contribution is 2.21. The summed E-state index contributed by atoms with van der Waals surface area (Å²) >= 11 is 0. The highest BCUT2D eigenvalue weighted by Gasteiger charge is 2.29. The van der Waals surface area contributed by atoms with Crippen LogP contribution in [-0.2, 0) is 11.2 Å². The first-order valence-corrected chi connectivity index (χ1v) is 5.88. The fraction of sp³-hybridized carbons (Fsp3) is 0.571. The first-order valence-electron chi connectivity index (χ1n) is 5.88. The molecule has 0 saturated heterocycles. The van der Waals surface area contributed by atoms with Crippen molar-refractivity contribution in [3.8, 4) is 0 Å². The first-order chi connectivity index (χ1) is 7.53. The smallest absolute Gasteiger partial charge is 0.0801 e. The molecule has 0 aliphatic rings. The molecule has 1 aromatic rings. The molecule has 2 heteroatoms. The van der Waals surface area contributed by atoms with E-state index in [1.165, 1.54) is 11.1 Å². The number of methoxy groups -OCH3 is 1. The van der Waals surface area contributed by atoms with Crippen molar-refractivity contribution in [2.75, 3.05) is 7.11 Å². The Morgan fingerprint density at radius 2 is 2.00 bits per heavy atom. The van der Waals surface area contributed by atoms with Crippen molar-refractivity contribution in [3.63, 3.8) is 0 Å². The minimum absolute atomic E-state index is 0.0311. The lowest BCUT2D eigenvalue weighted by Gasteiger charge is -2.33. The predicted octanol–water partition coefficient (Wildman–Crippen LogP) is 2.68. The van der Waals surface area contributed by atoms with Crippen molar-refractivity contribution in [3.05, 3.63) is 35.4 Å². The van der Waals surface area contributed by atoms with Crippen LogP contribution in [0.3, 0.4) is 0 Å². The average molecular weight is 221 g/mol. The third kappa shape index (κ3) is 2.83. The Labute approximate surface area is 98.8 Å². The van der Waals surface area contributed by atoms with Crippen LogP contribution >= 0.6 is 0 Å². The maximum absolute atomic E-state index is 6.25. The molecule has 16 heavy (non-hydrogen) atoms. The van der Waals surface area contributed by atoms with Gasteiger partial charge in [-0.2, -0.15) is 0 Å². The van der Waals surface area contributed by atoms with Crippen LogP contribution in [0, 0.1) is 6.92 Å². The summed E-state index contributed by atoms with van der Waals surface area (Å²) in [5, 5.41) is 0. The monoisotopic (exact) mass is 221 g/mol. The molecule has 2 nitrogen and oxygen atoms in total. The van der Waals surface area contributed by atoms with Crippen LogP contribution in [0.25, 0.3) is 0 Å². The standard InChI is InChI=1S/C14H23NO/c1-5-14(3,16-4)13(15)10-12-9-7-6-8-11(12)2/h6-9,13H,5,10,15H2,1-4H3. The molecular weight excluding hydrogens is 198 g/mol. The topological polar surface area (TPSA) is 35.2 Å². The molecule has 0 spiro atoms. The number of nitrogens with two attached hydrogens (primary N) is 1. The molecule has 0 bridgehead atoms. The van der Waals surface area contributed by atoms with Gasteiger partial charge >= 0.3 is 0 Å². The maximum Gasteiger partial charge on any atom is 0.0801 e. The van der Waals surface area contributed by atoms with Gasteiger partial charge in [0, 0.05) is 13.2 Å². The molecule has 0 radical (unpaired) electrons. The van der Waals surface area contributed by atoms with Gasteiger partial charge in [0.1, 0.15) is 0 Å². The van der Waals surface area contributed by atoms with Crippen LogP contribution in [0.5, 0.6) is 0 Å². The lowest BCUT2D eigenvalue weighted by atomic mass is 9.88. The summed E-state index contributed by atoms with van der Waals surface area (Å²) in [6.45, 7) is 6.31. The molecule has 2 unspecified atom stereocenters. The number of rotatable bonds is 5. The fourth-order valence-corrected chi connectivity index (χ4v) is 1.85. The van der Waals surface area contributed by atoms with E-state index in [1.54, 1.807) is 7.11 Å². The van der Waals surface area contributed by atoms with Crippen molar-refractivity contribution < 1.29 is 4.74 Å². The molecule has 0 aliphatic carbocycles. The molecule has 0 heterocycles. The molecule has 0 amide bonds. The molecule has 2 atom stereocenters. The SMILES string of the molecule is CCC(C)(OC)C(N)Cc1ccccc1C. The van der Waals surface area contributed by atoms with Crippen molar-refractivity contribution in [1.82, 2.24) is 0 Å². The molecular formula is C14H23NO. The van der Waals surface area contributed by atoms with E-state index in [9.17, 15) is 0 Å². The third-order valence-corrected chi connectivity index (χ3v) is 3.65. The summed E-state index contributed by atoms with van der Waals surface area (Å²) in [5.74, 6) is 0. The van der Waals surface area contributed by atoms with Crippen LogP contribution < -0.4 is 5.73 Å². The molecule has 0 saturated carbocycles. The van der Waals surface area contributed by atoms with Crippen LogP contribution in [0.15, 0.2) is 24.3 Å². The van der Waals surface area contributed by atoms with Crippen molar-refractivity contribution in [2.24, 2.45) is 5.73 Å². The molecule has 1 aromatic carbocycles. The van der Waals surface area contributed by atoms with E-state index < -0.39 is 0 Å². The summed E-state index contributed by atoms with van der Waals surface area (Å²) < 4.78 is 5.54. The van der Waals surface area contributed by atoms with Crippen LogP contribution in [0.4, 0.5) is 0 Å². The van der Waals surface area contributed by atoms with Crippen LogP contribution in [-0.4, -0.2) is 18.8 Å². The molecule has 0 aliphatic heterocycles. The van der Waals surface area contributed by atoms with Gasteiger partial charge in [-0.05, 0) is 37.8 Å². The van der Waals surface area contributed by atoms with Gasteiger partial charge in [-0.25, -0.2) is 0 Å². The highest BCUT2D eigenvalue weighted by molar-refractivity contribution is 5.26. The number of benzene rings is 1. The Kier molecular flexibility index (Phi) is 4.51. The van der Waals surface area contributed by atoms with E-state index in [0.29, 0.717) is 0 Å². The second-order valence-corrected chi connectivity index (χ2v) is 4.61. The number of aryl methyl sites for hydroxylation is 1. The Bertz CT molecular complexity index is 331. The van der Waals surface area contributed by atoms with Gasteiger partial charge in [-0.15, -0.1) is 0 Å². The van der Waals surface area contributed by atoms with Gasteiger partial charge in [0.15, 0.2) is 0 Å². The Morgan fingerprint density at radius 1 is 1.38 bits per heavy atom. The normalized spacial score (nSPS) is 16.8. The summed E-state index contributed by atoms with van der Waals surface area (Å²) in [6, 6.07) is 8.41. The van der Waals surface area contributed by atoms with E-state index in [4.69, 9.17) is 10.5 Å². The minimum Gasteiger partial charge on any atom is -0.377 e. The Morgan fingerprint density at radius 3 is 2.50 bits per heavy atom. The number of ether oxygens (including phenoxy) is 1. The highest BCUT2D eigenvalue weighted by atomic mass is 16.5. The molecule has 90 valence electrons. The summed E-state index contributed by atoms with van der Waals surface area (Å²) in [4.78, 5) is 0. The summed E-state index contributed by atoms with van der Waals surface area (Å²) in [6.07, 6.45) is 1.79. The average Bonchev–Trinajstić information content (AvgIpc) is 2.31. The van der Waals surface area contributed by atoms with Crippen molar-refractivity contribution in [2.45, 2.75) is 45.3 Å². The van der Waals surface area contributed by atoms with Gasteiger partial charge in [0.25, 0.3) is 0 Å². The zero-order valence-electron chi connectivity index (χ0n) is 10.8. The zero-order chi connectivity index (χ0) is 12.2. The van der Waals surface area contributed by atoms with Gasteiger partial charge in [0.2, 0.25) is 0 Å². The van der Waals surface area contributed by atoms with Crippen LogP contribution in [0.1, 0.15) is 31.4 Å². The van der Waals surface area contributed by atoms with Gasteiger partial charge in [-0.3, -0.25) is 0 Å². The minimum atomic E-state index is -0.234. The lowest BCUT2D eigenvalue weighted by Crippen LogP contribution is -2.48. The van der Waals surface area contributed by atoms with E-state index in [2.05, 4.69) is 45.0 Å². The second-order valence-electron chi connectivity index (χ2n) is 4.61. The van der Waals surface area contributed by atoms with Crippen molar-refractivity contribution in [1.29, 1.82) is 0 Å². The molecule has 0 aromatic heterocycles. The summed E-state index contributed by atoms with van der Waals surface area (Å²) in [5.41, 5.74) is 8.63. The fourth-order valence-electron chi connectivity index (χ4n) is 1.85. The van der Waals surface area contributed by atoms with E-state index in [0.717, 1.165) is 12.8 Å². The largest absolute Gasteiger partial charge is 0.377 e. The Hall–Kier alpha value is -0.860. The van der Waals surface area contributed by atoms with Crippen LogP contribution in [0.2, 0.25) is 0 Å². The van der Waals surface area contributed by atoms with E-state index in [1.807, 2.05) is 0 Å². The second kappa shape index (κ2) is 5.46. The quantitative estimate of drug-likeness (QED) is 0.829. The lowest BCUT2D eigenvalue weighted by molar-refractivity contribution is -0.0184. The van der Waals surface area contributed by atoms with Crippen molar-refractivity contribution >= 4 is 0 Å². The van der Waals surface area contributed by atoms with Gasteiger partial charge in [-0.1, -0.05) is 31.2 Å². The maximum atomic E-state index is 6.25. The zero-order valence-corrected chi connectivity index (χ0v) is 10.8. The van der Waals surface area contributed by atoms with Gasteiger partial charge < -0.3 is 10.5 Å². The first kappa shape index (κ1) is 13.2. The number of hydrogen-bond acceptors (Lipinski definition) is 2. The number of hydrogen-bond donors (Lipinski definition) is 1. The summed E-state index contributed by atoms with van der Waals surface area (Å²) in [7, 11) is 1.74. The van der Waals surface area contributed by atoms with Gasteiger partial charge in [0.05, 0.1) is 5.60 Å². The van der Waals surface area contributed by atoms with E-state index >= 15 is 0 Å². The third-order valence-electron chi connectivity index (χ3n) is 3.65. The molecule has 0 fully saturated rings. The molecule has 1 rings (SSSR count). The van der Waals surface area contributed by atoms with E-state index in [-0.39, 0.29) is 11.6 Å². The molecule has 2 N–H and O–H groups in total. The Balaban J connectivity index is 2.78.